The van der Waals surface area contributed by atoms with Gasteiger partial charge in [0.15, 0.2) is 5.58 Å². The van der Waals surface area contributed by atoms with Gasteiger partial charge in [-0.2, -0.15) is 0 Å². The second-order valence-corrected chi connectivity index (χ2v) is 6.70. The summed E-state index contributed by atoms with van der Waals surface area (Å²) >= 11 is 0. The molecular formula is C20H20N2O3. The minimum absolute atomic E-state index is 0.0271. The zero-order chi connectivity index (χ0) is 17.3. The van der Waals surface area contributed by atoms with Gasteiger partial charge in [0.1, 0.15) is 6.54 Å². The van der Waals surface area contributed by atoms with Crippen molar-refractivity contribution in [3.05, 3.63) is 70.7 Å². The summed E-state index contributed by atoms with van der Waals surface area (Å²) in [5.41, 5.74) is 2.44. The van der Waals surface area contributed by atoms with E-state index in [4.69, 9.17) is 4.42 Å². The molecule has 5 nitrogen and oxygen atoms in total. The second kappa shape index (κ2) is 6.24. The van der Waals surface area contributed by atoms with Gasteiger partial charge in [-0.05, 0) is 30.5 Å². The smallest absolute Gasteiger partial charge is 0.408 e. The molecule has 1 fully saturated rings. The van der Waals surface area contributed by atoms with Crippen molar-refractivity contribution in [3.8, 4) is 0 Å². The van der Waals surface area contributed by atoms with Crippen LogP contribution in [0.5, 0.6) is 0 Å². The van der Waals surface area contributed by atoms with Gasteiger partial charge in [0.2, 0.25) is 5.91 Å². The number of oxazole rings is 1. The Morgan fingerprint density at radius 1 is 1.08 bits per heavy atom. The molecule has 2 aromatic carbocycles. The third-order valence-electron chi connectivity index (χ3n) is 5.20. The maximum absolute atomic E-state index is 12.4. The van der Waals surface area contributed by atoms with Crippen LogP contribution >= 0.6 is 0 Å². The average Bonchev–Trinajstić information content (AvgIpc) is 2.91. The monoisotopic (exact) mass is 336 g/mol. The summed E-state index contributed by atoms with van der Waals surface area (Å²) in [5.74, 6) is -0.673. The third-order valence-corrected chi connectivity index (χ3v) is 5.20. The van der Waals surface area contributed by atoms with E-state index in [-0.39, 0.29) is 17.9 Å². The normalized spacial score (nSPS) is 15.7. The fraction of sp³-hybridized carbons (Fsp3) is 0.300. The Balaban J connectivity index is 1.47. The quantitative estimate of drug-likeness (QED) is 0.779. The Morgan fingerprint density at radius 3 is 2.52 bits per heavy atom. The Morgan fingerprint density at radius 2 is 1.80 bits per heavy atom. The highest BCUT2D eigenvalue weighted by Crippen LogP contribution is 2.43. The molecule has 0 radical (unpaired) electrons. The highest BCUT2D eigenvalue weighted by molar-refractivity contribution is 5.79. The molecule has 0 saturated heterocycles. The standard InChI is InChI=1S/C20H20N2O3/c23-18(13-22-16-9-4-5-10-17(16)25-19(22)24)21-14-20(11-6-12-20)15-7-2-1-3-8-15/h1-5,7-10H,6,11-14H2,(H,21,23). The van der Waals surface area contributed by atoms with E-state index in [2.05, 4.69) is 17.4 Å². The molecule has 1 N–H and O–H groups in total. The fourth-order valence-electron chi connectivity index (χ4n) is 3.59. The molecule has 0 aliphatic heterocycles. The summed E-state index contributed by atoms with van der Waals surface area (Å²) in [7, 11) is 0. The number of rotatable bonds is 5. The van der Waals surface area contributed by atoms with Crippen molar-refractivity contribution in [2.75, 3.05) is 6.54 Å². The summed E-state index contributed by atoms with van der Waals surface area (Å²) in [5, 5.41) is 3.01. The molecule has 1 amide bonds. The maximum atomic E-state index is 12.4. The number of nitrogens with one attached hydrogen (secondary N) is 1. The second-order valence-electron chi connectivity index (χ2n) is 6.70. The van der Waals surface area contributed by atoms with Crippen LogP contribution in [-0.4, -0.2) is 17.0 Å². The van der Waals surface area contributed by atoms with Gasteiger partial charge in [-0.25, -0.2) is 4.79 Å². The van der Waals surface area contributed by atoms with Crippen LogP contribution in [0.1, 0.15) is 24.8 Å². The van der Waals surface area contributed by atoms with Crippen LogP contribution in [0.25, 0.3) is 11.1 Å². The predicted octanol–water partition coefficient (Wildman–Crippen LogP) is 2.83. The molecule has 128 valence electrons. The number of benzene rings is 2. The molecular weight excluding hydrogens is 316 g/mol. The number of carbonyl (C=O) groups excluding carboxylic acids is 1. The van der Waals surface area contributed by atoms with Crippen LogP contribution in [0.15, 0.2) is 63.8 Å². The molecule has 5 heteroatoms. The number of hydrogen-bond acceptors (Lipinski definition) is 3. The molecule has 1 aromatic heterocycles. The van der Waals surface area contributed by atoms with Gasteiger partial charge < -0.3 is 9.73 Å². The first kappa shape index (κ1) is 15.7. The predicted molar refractivity (Wildman–Crippen MR) is 95.5 cm³/mol. The van der Waals surface area contributed by atoms with Crippen molar-refractivity contribution in [1.82, 2.24) is 9.88 Å². The average molecular weight is 336 g/mol. The van der Waals surface area contributed by atoms with Crippen molar-refractivity contribution < 1.29 is 9.21 Å². The van der Waals surface area contributed by atoms with Gasteiger partial charge in [-0.1, -0.05) is 48.9 Å². The van der Waals surface area contributed by atoms with E-state index in [9.17, 15) is 9.59 Å². The Hall–Kier alpha value is -2.82. The number of amides is 1. The van der Waals surface area contributed by atoms with E-state index in [0.717, 1.165) is 12.8 Å². The molecule has 0 atom stereocenters. The highest BCUT2D eigenvalue weighted by atomic mass is 16.4. The van der Waals surface area contributed by atoms with E-state index in [0.29, 0.717) is 17.6 Å². The largest absolute Gasteiger partial charge is 0.420 e. The maximum Gasteiger partial charge on any atom is 0.420 e. The topological polar surface area (TPSA) is 64.2 Å². The lowest BCUT2D eigenvalue weighted by atomic mass is 9.64. The number of hydrogen-bond donors (Lipinski definition) is 1. The van der Waals surface area contributed by atoms with Gasteiger partial charge in [0, 0.05) is 12.0 Å². The number of para-hydroxylation sites is 2. The van der Waals surface area contributed by atoms with E-state index in [1.807, 2.05) is 24.3 Å². The van der Waals surface area contributed by atoms with Crippen LogP contribution in [-0.2, 0) is 16.8 Å². The minimum atomic E-state index is -0.502. The molecule has 3 aromatic rings. The molecule has 1 aliphatic rings. The van der Waals surface area contributed by atoms with Crippen LogP contribution < -0.4 is 11.1 Å². The van der Waals surface area contributed by atoms with Crippen LogP contribution in [0.3, 0.4) is 0 Å². The van der Waals surface area contributed by atoms with Gasteiger partial charge in [-0.3, -0.25) is 9.36 Å². The summed E-state index contributed by atoms with van der Waals surface area (Å²) in [6.45, 7) is 0.571. The van der Waals surface area contributed by atoms with E-state index < -0.39 is 5.76 Å². The number of carbonyl (C=O) groups is 1. The molecule has 25 heavy (non-hydrogen) atoms. The Kier molecular flexibility index (Phi) is 3.92. The van der Waals surface area contributed by atoms with Crippen molar-refractivity contribution in [2.24, 2.45) is 0 Å². The molecule has 1 aliphatic carbocycles. The van der Waals surface area contributed by atoms with Crippen LogP contribution in [0.4, 0.5) is 0 Å². The van der Waals surface area contributed by atoms with E-state index >= 15 is 0 Å². The van der Waals surface area contributed by atoms with Crippen LogP contribution in [0.2, 0.25) is 0 Å². The zero-order valence-electron chi connectivity index (χ0n) is 13.9. The van der Waals surface area contributed by atoms with Gasteiger partial charge in [-0.15, -0.1) is 0 Å². The highest BCUT2D eigenvalue weighted by Gasteiger charge is 2.38. The Labute approximate surface area is 145 Å². The third kappa shape index (κ3) is 2.86. The number of fused-ring (bicyclic) bond motifs is 1. The molecule has 1 saturated carbocycles. The van der Waals surface area contributed by atoms with Crippen molar-refractivity contribution in [1.29, 1.82) is 0 Å². The molecule has 0 unspecified atom stereocenters. The first-order valence-corrected chi connectivity index (χ1v) is 8.59. The zero-order valence-corrected chi connectivity index (χ0v) is 13.9. The fourth-order valence-corrected chi connectivity index (χ4v) is 3.59. The van der Waals surface area contributed by atoms with Crippen molar-refractivity contribution in [3.63, 3.8) is 0 Å². The molecule has 0 spiro atoms. The summed E-state index contributed by atoms with van der Waals surface area (Å²) in [4.78, 5) is 24.4. The summed E-state index contributed by atoms with van der Waals surface area (Å²) in [6, 6.07) is 17.5. The summed E-state index contributed by atoms with van der Waals surface area (Å²) < 4.78 is 6.55. The van der Waals surface area contributed by atoms with E-state index in [1.165, 1.54) is 16.6 Å². The molecule has 0 bridgehead atoms. The lowest BCUT2D eigenvalue weighted by Gasteiger charge is -2.42. The first-order valence-electron chi connectivity index (χ1n) is 8.59. The van der Waals surface area contributed by atoms with Gasteiger partial charge in [0.25, 0.3) is 0 Å². The van der Waals surface area contributed by atoms with E-state index in [1.54, 1.807) is 18.2 Å². The lowest BCUT2D eigenvalue weighted by Crippen LogP contribution is -2.46. The van der Waals surface area contributed by atoms with Gasteiger partial charge in [0.05, 0.1) is 5.52 Å². The number of aromatic nitrogens is 1. The minimum Gasteiger partial charge on any atom is -0.408 e. The van der Waals surface area contributed by atoms with Crippen molar-refractivity contribution in [2.45, 2.75) is 31.2 Å². The van der Waals surface area contributed by atoms with Crippen molar-refractivity contribution >= 4 is 17.0 Å². The molecule has 1 heterocycles. The molecule has 4 rings (SSSR count). The SMILES string of the molecule is O=C(Cn1c(=O)oc2ccccc21)NCC1(c2ccccc2)CCC1. The van der Waals surface area contributed by atoms with Crippen LogP contribution in [0, 0.1) is 0 Å². The van der Waals surface area contributed by atoms with Gasteiger partial charge >= 0.3 is 5.76 Å². The first-order chi connectivity index (χ1) is 12.2. The Bertz CT molecular complexity index is 952. The number of nitrogens with zero attached hydrogens (tertiary/aromatic N) is 1. The lowest BCUT2D eigenvalue weighted by molar-refractivity contribution is -0.122. The summed E-state index contributed by atoms with van der Waals surface area (Å²) in [6.07, 6.45) is 3.33.